The van der Waals surface area contributed by atoms with Gasteiger partial charge in [0.05, 0.1) is 7.11 Å². The summed E-state index contributed by atoms with van der Waals surface area (Å²) in [7, 11) is 1.61. The van der Waals surface area contributed by atoms with E-state index >= 15 is 0 Å². The maximum absolute atomic E-state index is 13.9. The molecule has 3 aromatic rings. The van der Waals surface area contributed by atoms with Crippen molar-refractivity contribution < 1.29 is 13.9 Å². The van der Waals surface area contributed by atoms with Crippen LogP contribution in [-0.2, 0) is 12.8 Å². The number of rotatable bonds is 3. The Bertz CT molecular complexity index is 1260. The average Bonchev–Trinajstić information content (AvgIpc) is 2.77. The Balaban J connectivity index is 1.61. The largest absolute Gasteiger partial charge is 0.497 e. The number of aryl methyl sites for hydroxylation is 1. The lowest BCUT2D eigenvalue weighted by Gasteiger charge is -2.21. The second-order valence-corrected chi connectivity index (χ2v) is 7.72. The van der Waals surface area contributed by atoms with Gasteiger partial charge in [-0.15, -0.1) is 0 Å². The fourth-order valence-electron chi connectivity index (χ4n) is 4.53. The van der Waals surface area contributed by atoms with E-state index in [1.807, 2.05) is 24.3 Å². The molecular weight excluding hydrogens is 363 g/mol. The van der Waals surface area contributed by atoms with Crippen molar-refractivity contribution in [1.29, 1.82) is 0 Å². The van der Waals surface area contributed by atoms with Crippen LogP contribution in [0.2, 0.25) is 0 Å². The molecule has 3 aromatic carbocycles. The molecule has 29 heavy (non-hydrogen) atoms. The number of Topliss-reactive ketones (excluding diaryl/α,β-unsaturated/α-hetero) is 1. The van der Waals surface area contributed by atoms with Crippen LogP contribution in [0.5, 0.6) is 5.75 Å². The third-order valence-corrected chi connectivity index (χ3v) is 6.05. The van der Waals surface area contributed by atoms with Gasteiger partial charge >= 0.3 is 0 Å². The molecule has 5 rings (SSSR count). The number of carbonyl (C=O) groups is 1. The maximum atomic E-state index is 13.9. The number of halogens is 1. The number of hydrogen-bond donors (Lipinski definition) is 0. The zero-order chi connectivity index (χ0) is 20.0. The average molecular weight is 384 g/mol. The smallest absolute Gasteiger partial charge is 0.169 e. The van der Waals surface area contributed by atoms with E-state index in [4.69, 9.17) is 4.74 Å². The van der Waals surface area contributed by atoms with E-state index in [1.165, 1.54) is 11.6 Å². The first-order chi connectivity index (χ1) is 14.1. The quantitative estimate of drug-likeness (QED) is 0.637. The first-order valence-corrected chi connectivity index (χ1v) is 9.95. The molecule has 0 saturated heterocycles. The van der Waals surface area contributed by atoms with Gasteiger partial charge in [0.2, 0.25) is 0 Å². The summed E-state index contributed by atoms with van der Waals surface area (Å²) in [4.78, 5) is 13.1. The van der Waals surface area contributed by atoms with E-state index in [9.17, 15) is 9.18 Å². The Kier molecular flexibility index (Phi) is 4.31. The highest BCUT2D eigenvalue weighted by molar-refractivity contribution is 6.01. The van der Waals surface area contributed by atoms with Crippen molar-refractivity contribution in [3.05, 3.63) is 87.5 Å². The zero-order valence-electron chi connectivity index (χ0n) is 16.2. The second kappa shape index (κ2) is 7.00. The first kappa shape index (κ1) is 17.9. The Morgan fingerprint density at radius 3 is 2.72 bits per heavy atom. The summed E-state index contributed by atoms with van der Waals surface area (Å²) < 4.78 is 19.1. The summed E-state index contributed by atoms with van der Waals surface area (Å²) in [6.07, 6.45) is 6.77. The third kappa shape index (κ3) is 3.07. The predicted octanol–water partition coefficient (Wildman–Crippen LogP) is 4.06. The zero-order valence-corrected chi connectivity index (χ0v) is 16.2. The van der Waals surface area contributed by atoms with Crippen LogP contribution in [-0.4, -0.2) is 12.9 Å². The van der Waals surface area contributed by atoms with E-state index in [-0.39, 0.29) is 17.5 Å². The van der Waals surface area contributed by atoms with Crippen molar-refractivity contribution in [1.82, 2.24) is 0 Å². The van der Waals surface area contributed by atoms with Crippen molar-refractivity contribution in [2.75, 3.05) is 7.11 Å². The third-order valence-electron chi connectivity index (χ3n) is 6.05. The number of hydrogen-bond acceptors (Lipinski definition) is 2. The summed E-state index contributed by atoms with van der Waals surface area (Å²) in [5.41, 5.74) is 5.08. The van der Waals surface area contributed by atoms with Crippen LogP contribution in [0, 0.1) is 11.7 Å². The number of methoxy groups -OCH3 is 1. The molecule has 0 bridgehead atoms. The van der Waals surface area contributed by atoms with Crippen molar-refractivity contribution in [3.8, 4) is 16.9 Å². The molecule has 1 unspecified atom stereocenters. The SMILES string of the molecule is COc1cccc(C(=O)C2C=c3c(ccc4c3=CCc3ccc(F)cc3-4)CC2)c1. The number of benzene rings is 3. The van der Waals surface area contributed by atoms with Gasteiger partial charge in [0.25, 0.3) is 0 Å². The molecule has 0 saturated carbocycles. The molecule has 0 N–H and O–H groups in total. The minimum atomic E-state index is -0.218. The van der Waals surface area contributed by atoms with Gasteiger partial charge in [-0.2, -0.15) is 0 Å². The molecule has 0 amide bonds. The molecule has 3 heteroatoms. The highest BCUT2D eigenvalue weighted by Crippen LogP contribution is 2.27. The van der Waals surface area contributed by atoms with Gasteiger partial charge in [-0.25, -0.2) is 4.39 Å². The Hall–Kier alpha value is -3.20. The van der Waals surface area contributed by atoms with Gasteiger partial charge in [0.1, 0.15) is 11.6 Å². The van der Waals surface area contributed by atoms with Gasteiger partial charge in [0, 0.05) is 11.5 Å². The minimum absolute atomic E-state index is 0.120. The van der Waals surface area contributed by atoms with E-state index in [0.29, 0.717) is 11.3 Å². The lowest BCUT2D eigenvalue weighted by Crippen LogP contribution is -2.37. The fraction of sp³-hybridized carbons (Fsp3) is 0.192. The monoisotopic (exact) mass is 384 g/mol. The predicted molar refractivity (Wildman–Crippen MR) is 113 cm³/mol. The standard InChI is InChI=1S/C26H21FO2/c1-29-21-4-2-3-18(13-21)26(28)19-6-5-16-8-12-23-22(24(16)14-19)11-9-17-7-10-20(27)15-25(17)23/h2-4,7-8,10-15,19H,5-6,9H2,1H3. The van der Waals surface area contributed by atoms with Crippen molar-refractivity contribution in [2.45, 2.75) is 19.3 Å². The number of fused-ring (bicyclic) bond motifs is 5. The van der Waals surface area contributed by atoms with E-state index in [2.05, 4.69) is 24.3 Å². The summed E-state index contributed by atoms with van der Waals surface area (Å²) in [5, 5.41) is 2.26. The Morgan fingerprint density at radius 2 is 1.86 bits per heavy atom. The van der Waals surface area contributed by atoms with Crippen LogP contribution in [0.4, 0.5) is 4.39 Å². The molecule has 144 valence electrons. The van der Waals surface area contributed by atoms with Gasteiger partial charge < -0.3 is 4.74 Å². The number of ether oxygens (including phenoxy) is 1. The normalized spacial score (nSPS) is 16.6. The lowest BCUT2D eigenvalue weighted by atomic mass is 9.82. The summed E-state index contributed by atoms with van der Waals surface area (Å²) in [5.74, 6) is 0.429. The molecule has 0 radical (unpaired) electrons. The van der Waals surface area contributed by atoms with Crippen LogP contribution in [0.15, 0.2) is 54.6 Å². The summed E-state index contributed by atoms with van der Waals surface area (Å²) in [6.45, 7) is 0. The van der Waals surface area contributed by atoms with Gasteiger partial charge in [-0.1, -0.05) is 42.5 Å². The molecule has 0 fully saturated rings. The van der Waals surface area contributed by atoms with E-state index < -0.39 is 0 Å². The molecule has 2 aliphatic rings. The van der Waals surface area contributed by atoms with Gasteiger partial charge in [-0.05, 0) is 76.2 Å². The molecule has 1 atom stereocenters. The van der Waals surface area contributed by atoms with Crippen LogP contribution >= 0.6 is 0 Å². The molecule has 0 heterocycles. The highest BCUT2D eigenvalue weighted by atomic mass is 19.1. The molecule has 2 nitrogen and oxygen atoms in total. The molecule has 0 spiro atoms. The minimum Gasteiger partial charge on any atom is -0.497 e. The van der Waals surface area contributed by atoms with Crippen molar-refractivity contribution in [2.24, 2.45) is 5.92 Å². The van der Waals surface area contributed by atoms with Gasteiger partial charge in [0.15, 0.2) is 5.78 Å². The number of carbonyl (C=O) groups excluding carboxylic acids is 1. The van der Waals surface area contributed by atoms with Crippen LogP contribution in [0.3, 0.4) is 0 Å². The first-order valence-electron chi connectivity index (χ1n) is 9.95. The van der Waals surface area contributed by atoms with Crippen LogP contribution in [0.1, 0.15) is 27.9 Å². The van der Waals surface area contributed by atoms with Crippen LogP contribution in [0.25, 0.3) is 23.3 Å². The highest BCUT2D eigenvalue weighted by Gasteiger charge is 2.23. The van der Waals surface area contributed by atoms with Crippen LogP contribution < -0.4 is 15.2 Å². The Labute approximate surface area is 169 Å². The van der Waals surface area contributed by atoms with Crippen molar-refractivity contribution in [3.63, 3.8) is 0 Å². The molecule has 0 aliphatic heterocycles. The topological polar surface area (TPSA) is 26.3 Å². The lowest BCUT2D eigenvalue weighted by molar-refractivity contribution is 0.0946. The maximum Gasteiger partial charge on any atom is 0.169 e. The number of ketones is 1. The Morgan fingerprint density at radius 1 is 1.00 bits per heavy atom. The summed E-state index contributed by atoms with van der Waals surface area (Å²) >= 11 is 0. The second-order valence-electron chi connectivity index (χ2n) is 7.72. The fourth-order valence-corrected chi connectivity index (χ4v) is 4.53. The summed E-state index contributed by atoms with van der Waals surface area (Å²) in [6, 6.07) is 16.6. The van der Waals surface area contributed by atoms with Crippen molar-refractivity contribution >= 4 is 17.9 Å². The molecule has 2 aliphatic carbocycles. The van der Waals surface area contributed by atoms with E-state index in [1.54, 1.807) is 19.2 Å². The molecular formula is C26H21FO2. The van der Waals surface area contributed by atoms with E-state index in [0.717, 1.165) is 46.4 Å². The van der Waals surface area contributed by atoms with Gasteiger partial charge in [-0.3, -0.25) is 4.79 Å². The molecule has 0 aromatic heterocycles.